The third kappa shape index (κ3) is 4.36. The van der Waals surface area contributed by atoms with Crippen LogP contribution in [0.15, 0.2) is 47.1 Å². The highest BCUT2D eigenvalue weighted by Gasteiger charge is 2.14. The molecule has 5 heteroatoms. The molecule has 0 radical (unpaired) electrons. The first-order valence-electron chi connectivity index (χ1n) is 7.55. The van der Waals surface area contributed by atoms with Gasteiger partial charge in [0.05, 0.1) is 18.4 Å². The molecule has 2 aromatic rings. The number of carbonyl (C=O) groups is 1. The van der Waals surface area contributed by atoms with Gasteiger partial charge in [-0.3, -0.25) is 4.79 Å². The highest BCUT2D eigenvalue weighted by Crippen LogP contribution is 2.16. The molecule has 1 unspecified atom stereocenters. The van der Waals surface area contributed by atoms with Gasteiger partial charge in [0.15, 0.2) is 0 Å². The van der Waals surface area contributed by atoms with Gasteiger partial charge in [-0.15, -0.1) is 0 Å². The maximum atomic E-state index is 12.3. The average Bonchev–Trinajstić information content (AvgIpc) is 3.07. The highest BCUT2D eigenvalue weighted by molar-refractivity contribution is 5.99. The van der Waals surface area contributed by atoms with Crippen LogP contribution in [0.3, 0.4) is 0 Å². The van der Waals surface area contributed by atoms with Crippen molar-refractivity contribution in [3.05, 3.63) is 54.0 Å². The Morgan fingerprint density at radius 1 is 1.27 bits per heavy atom. The van der Waals surface area contributed by atoms with E-state index in [4.69, 9.17) is 4.42 Å². The molecule has 1 amide bonds. The van der Waals surface area contributed by atoms with E-state index in [1.54, 1.807) is 18.2 Å². The van der Waals surface area contributed by atoms with Gasteiger partial charge in [0.2, 0.25) is 0 Å². The molecule has 22 heavy (non-hydrogen) atoms. The van der Waals surface area contributed by atoms with Crippen LogP contribution in [0.4, 0.5) is 5.69 Å². The quantitative estimate of drug-likeness (QED) is 0.655. The third-order valence-electron chi connectivity index (χ3n) is 3.35. The van der Waals surface area contributed by atoms with Crippen molar-refractivity contribution in [2.75, 3.05) is 18.4 Å². The zero-order valence-electron chi connectivity index (χ0n) is 12.7. The highest BCUT2D eigenvalue weighted by atomic mass is 16.4. The van der Waals surface area contributed by atoms with Crippen LogP contribution in [0, 0.1) is 0 Å². The summed E-state index contributed by atoms with van der Waals surface area (Å²) < 4.78 is 5.11. The lowest BCUT2D eigenvalue weighted by Gasteiger charge is -2.13. The predicted molar refractivity (Wildman–Crippen MR) is 85.8 cm³/mol. The summed E-state index contributed by atoms with van der Waals surface area (Å²) in [6.07, 6.45) is 2.79. The van der Waals surface area contributed by atoms with Crippen molar-refractivity contribution < 1.29 is 14.3 Å². The number of nitrogens with one attached hydrogen (secondary N) is 2. The summed E-state index contributed by atoms with van der Waals surface area (Å²) in [5.74, 6) is 0.222. The van der Waals surface area contributed by atoms with Crippen molar-refractivity contribution in [3.8, 4) is 0 Å². The van der Waals surface area contributed by atoms with Crippen LogP contribution in [0.2, 0.25) is 0 Å². The Labute approximate surface area is 130 Å². The molecule has 0 saturated carbocycles. The van der Waals surface area contributed by atoms with Gasteiger partial charge in [0.1, 0.15) is 11.9 Å². The molecular formula is C17H22N2O3. The molecular weight excluding hydrogens is 280 g/mol. The number of aliphatic hydroxyl groups excluding tert-OH is 1. The number of anilines is 1. The molecule has 0 fully saturated rings. The molecule has 2 rings (SSSR count). The lowest BCUT2D eigenvalue weighted by atomic mass is 10.1. The van der Waals surface area contributed by atoms with E-state index in [-0.39, 0.29) is 12.5 Å². The molecule has 3 N–H and O–H groups in total. The SMILES string of the molecule is CCCCNc1ccccc1C(=O)NCC(O)c1ccco1. The lowest BCUT2D eigenvalue weighted by Crippen LogP contribution is -2.29. The Kier molecular flexibility index (Phi) is 6.03. The number of furan rings is 1. The van der Waals surface area contributed by atoms with E-state index in [1.807, 2.05) is 18.2 Å². The van der Waals surface area contributed by atoms with E-state index in [2.05, 4.69) is 17.6 Å². The van der Waals surface area contributed by atoms with Gasteiger partial charge < -0.3 is 20.2 Å². The Hall–Kier alpha value is -2.27. The molecule has 0 bridgehead atoms. The number of benzene rings is 1. The van der Waals surface area contributed by atoms with Gasteiger partial charge in [0.25, 0.3) is 5.91 Å². The summed E-state index contributed by atoms with van der Waals surface area (Å²) in [6, 6.07) is 10.7. The van der Waals surface area contributed by atoms with Gasteiger partial charge in [0, 0.05) is 12.2 Å². The van der Waals surface area contributed by atoms with E-state index in [0.29, 0.717) is 11.3 Å². The van der Waals surface area contributed by atoms with E-state index in [0.717, 1.165) is 25.1 Å². The van der Waals surface area contributed by atoms with Crippen molar-refractivity contribution in [2.24, 2.45) is 0 Å². The first-order chi connectivity index (χ1) is 10.7. The summed E-state index contributed by atoms with van der Waals surface area (Å²) in [4.78, 5) is 12.3. The van der Waals surface area contributed by atoms with Crippen LogP contribution in [0.1, 0.15) is 42.0 Å². The molecule has 0 aliphatic rings. The van der Waals surface area contributed by atoms with Crippen molar-refractivity contribution >= 4 is 11.6 Å². The van der Waals surface area contributed by atoms with Crippen LogP contribution in [0.5, 0.6) is 0 Å². The fraction of sp³-hybridized carbons (Fsp3) is 0.353. The van der Waals surface area contributed by atoms with Crippen molar-refractivity contribution in [1.29, 1.82) is 0 Å². The second-order valence-electron chi connectivity index (χ2n) is 5.07. The first-order valence-corrected chi connectivity index (χ1v) is 7.55. The topological polar surface area (TPSA) is 74.5 Å². The van der Waals surface area contributed by atoms with Crippen molar-refractivity contribution in [1.82, 2.24) is 5.32 Å². The van der Waals surface area contributed by atoms with E-state index < -0.39 is 6.10 Å². The number of carbonyl (C=O) groups excluding carboxylic acids is 1. The van der Waals surface area contributed by atoms with Gasteiger partial charge in [-0.25, -0.2) is 0 Å². The standard InChI is InChI=1S/C17H22N2O3/c1-2-3-10-18-14-8-5-4-7-13(14)17(21)19-12-15(20)16-9-6-11-22-16/h4-9,11,15,18,20H,2-3,10,12H2,1H3,(H,19,21). The van der Waals surface area contributed by atoms with Crippen LogP contribution in [0.25, 0.3) is 0 Å². The predicted octanol–water partition coefficient (Wildman–Crippen LogP) is 2.96. The molecule has 1 atom stereocenters. The molecule has 0 spiro atoms. The summed E-state index contributed by atoms with van der Waals surface area (Å²) in [5.41, 5.74) is 1.38. The average molecular weight is 302 g/mol. The maximum absolute atomic E-state index is 12.3. The molecule has 0 aliphatic heterocycles. The van der Waals surface area contributed by atoms with E-state index in [1.165, 1.54) is 6.26 Å². The summed E-state index contributed by atoms with van der Waals surface area (Å²) >= 11 is 0. The third-order valence-corrected chi connectivity index (χ3v) is 3.35. The normalized spacial score (nSPS) is 11.9. The fourth-order valence-corrected chi connectivity index (χ4v) is 2.10. The lowest BCUT2D eigenvalue weighted by molar-refractivity contribution is 0.0902. The Balaban J connectivity index is 1.94. The second kappa shape index (κ2) is 8.24. The van der Waals surface area contributed by atoms with Crippen LogP contribution in [-0.2, 0) is 0 Å². The Morgan fingerprint density at radius 3 is 2.82 bits per heavy atom. The van der Waals surface area contributed by atoms with Crippen molar-refractivity contribution in [2.45, 2.75) is 25.9 Å². The number of hydrogen-bond donors (Lipinski definition) is 3. The number of aliphatic hydroxyl groups is 1. The Bertz CT molecular complexity index is 581. The van der Waals surface area contributed by atoms with Crippen molar-refractivity contribution in [3.63, 3.8) is 0 Å². The number of para-hydroxylation sites is 1. The minimum atomic E-state index is -0.848. The molecule has 0 aliphatic carbocycles. The van der Waals surface area contributed by atoms with Gasteiger partial charge in [-0.1, -0.05) is 25.5 Å². The first kappa shape index (κ1) is 16.1. The number of amides is 1. The minimum Gasteiger partial charge on any atom is -0.467 e. The Morgan fingerprint density at radius 2 is 2.09 bits per heavy atom. The maximum Gasteiger partial charge on any atom is 0.253 e. The van der Waals surface area contributed by atoms with Crippen LogP contribution in [-0.4, -0.2) is 24.1 Å². The smallest absolute Gasteiger partial charge is 0.253 e. The molecule has 5 nitrogen and oxygen atoms in total. The van der Waals surface area contributed by atoms with E-state index in [9.17, 15) is 9.90 Å². The minimum absolute atomic E-state index is 0.107. The molecule has 1 heterocycles. The summed E-state index contributed by atoms with van der Waals surface area (Å²) in [7, 11) is 0. The van der Waals surface area contributed by atoms with Gasteiger partial charge >= 0.3 is 0 Å². The van der Waals surface area contributed by atoms with Gasteiger partial charge in [-0.05, 0) is 30.7 Å². The van der Waals surface area contributed by atoms with Gasteiger partial charge in [-0.2, -0.15) is 0 Å². The van der Waals surface area contributed by atoms with Crippen LogP contribution < -0.4 is 10.6 Å². The zero-order valence-corrected chi connectivity index (χ0v) is 12.7. The molecule has 118 valence electrons. The second-order valence-corrected chi connectivity index (χ2v) is 5.07. The number of rotatable bonds is 8. The molecule has 0 saturated heterocycles. The molecule has 1 aromatic carbocycles. The number of hydrogen-bond acceptors (Lipinski definition) is 4. The van der Waals surface area contributed by atoms with E-state index >= 15 is 0 Å². The van der Waals surface area contributed by atoms with Crippen LogP contribution >= 0.6 is 0 Å². The zero-order chi connectivity index (χ0) is 15.8. The fourth-order valence-electron chi connectivity index (χ4n) is 2.10. The summed E-state index contributed by atoms with van der Waals surface area (Å²) in [5, 5.41) is 15.9. The molecule has 1 aromatic heterocycles. The monoisotopic (exact) mass is 302 g/mol. The summed E-state index contributed by atoms with van der Waals surface area (Å²) in [6.45, 7) is 3.06. The number of unbranched alkanes of at least 4 members (excludes halogenated alkanes) is 1. The largest absolute Gasteiger partial charge is 0.467 e.